The molecule has 32 heavy (non-hydrogen) atoms. The summed E-state index contributed by atoms with van der Waals surface area (Å²) in [5.41, 5.74) is 1.28. The first-order valence-corrected chi connectivity index (χ1v) is 9.98. The van der Waals surface area contributed by atoms with Crippen LogP contribution in [0.2, 0.25) is 5.02 Å². The Morgan fingerprint density at radius 1 is 1.00 bits per heavy atom. The average molecular weight is 450 g/mol. The van der Waals surface area contributed by atoms with E-state index in [2.05, 4.69) is 10.4 Å². The lowest BCUT2D eigenvalue weighted by Crippen LogP contribution is -2.25. The molecule has 0 aliphatic heterocycles. The molecule has 3 aromatic carbocycles. The van der Waals surface area contributed by atoms with E-state index in [1.807, 2.05) is 31.2 Å². The van der Waals surface area contributed by atoms with Gasteiger partial charge in [0.05, 0.1) is 11.4 Å². The van der Waals surface area contributed by atoms with E-state index in [-0.39, 0.29) is 5.69 Å². The van der Waals surface area contributed by atoms with Gasteiger partial charge in [0, 0.05) is 11.1 Å². The first-order valence-electron chi connectivity index (χ1n) is 9.61. The molecule has 8 heteroatoms. The van der Waals surface area contributed by atoms with Gasteiger partial charge in [-0.1, -0.05) is 29.3 Å². The molecule has 4 rings (SSSR count). The molecule has 6 nitrogen and oxygen atoms in total. The van der Waals surface area contributed by atoms with Crippen LogP contribution in [0.15, 0.2) is 83.7 Å². The van der Waals surface area contributed by atoms with Gasteiger partial charge in [-0.25, -0.2) is 4.39 Å². The van der Waals surface area contributed by atoms with Gasteiger partial charge < -0.3 is 10.1 Å². The van der Waals surface area contributed by atoms with Crippen LogP contribution in [-0.2, 0) is 0 Å². The van der Waals surface area contributed by atoms with Crippen molar-refractivity contribution >= 4 is 23.2 Å². The highest BCUT2D eigenvalue weighted by Crippen LogP contribution is 2.32. The second-order valence-corrected chi connectivity index (χ2v) is 7.39. The number of hydrogen-bond donors (Lipinski definition) is 1. The molecular weight excluding hydrogens is 433 g/mol. The monoisotopic (exact) mass is 449 g/mol. The van der Waals surface area contributed by atoms with Gasteiger partial charge in [-0.3, -0.25) is 9.59 Å². The summed E-state index contributed by atoms with van der Waals surface area (Å²) in [6.07, 6.45) is 0. The molecule has 0 aliphatic rings. The molecule has 0 fully saturated rings. The molecule has 1 heterocycles. The third-order valence-electron chi connectivity index (χ3n) is 4.54. The van der Waals surface area contributed by atoms with Crippen LogP contribution < -0.4 is 15.6 Å². The molecule has 4 aromatic rings. The number of carbonyl (C=O) groups is 1. The van der Waals surface area contributed by atoms with Crippen molar-refractivity contribution in [1.82, 2.24) is 9.78 Å². The molecule has 1 aromatic heterocycles. The van der Waals surface area contributed by atoms with Crippen LogP contribution in [0.25, 0.3) is 5.69 Å². The Balaban J connectivity index is 1.62. The van der Waals surface area contributed by atoms with Crippen LogP contribution in [0.3, 0.4) is 0 Å². The Morgan fingerprint density at radius 2 is 1.72 bits per heavy atom. The minimum absolute atomic E-state index is 0.0183. The maximum absolute atomic E-state index is 13.2. The SMILES string of the molecule is Cc1ccc(Oc2ccc(Cl)cc2NC(=O)c2ccc(=O)n(-c3ccc(F)cc3)n2)cc1. The number of halogens is 2. The van der Waals surface area contributed by atoms with Crippen molar-refractivity contribution < 1.29 is 13.9 Å². The standard InChI is InChI=1S/C24H17ClFN3O3/c1-15-2-9-19(10-3-15)32-22-12-4-16(25)14-21(22)27-24(31)20-11-13-23(30)29(28-20)18-7-5-17(26)6-8-18/h2-14H,1H3,(H,27,31). The fraction of sp³-hybridized carbons (Fsp3) is 0.0417. The van der Waals surface area contributed by atoms with E-state index < -0.39 is 17.3 Å². The Morgan fingerprint density at radius 3 is 2.44 bits per heavy atom. The van der Waals surface area contributed by atoms with E-state index >= 15 is 0 Å². The Kier molecular flexibility index (Phi) is 6.00. The lowest BCUT2D eigenvalue weighted by molar-refractivity contribution is 0.102. The first-order chi connectivity index (χ1) is 15.4. The highest BCUT2D eigenvalue weighted by molar-refractivity contribution is 6.31. The summed E-state index contributed by atoms with van der Waals surface area (Å²) in [6.45, 7) is 1.97. The van der Waals surface area contributed by atoms with Gasteiger partial charge in [0.15, 0.2) is 5.75 Å². The van der Waals surface area contributed by atoms with Crippen molar-refractivity contribution in [1.29, 1.82) is 0 Å². The van der Waals surface area contributed by atoms with Crippen LogP contribution in [0.1, 0.15) is 16.1 Å². The molecule has 0 bridgehead atoms. The molecule has 0 spiro atoms. The Labute approximate surface area is 187 Å². The number of aryl methyl sites for hydroxylation is 1. The van der Waals surface area contributed by atoms with E-state index in [1.165, 1.54) is 36.4 Å². The van der Waals surface area contributed by atoms with Crippen LogP contribution in [0.5, 0.6) is 11.5 Å². The third kappa shape index (κ3) is 4.84. The van der Waals surface area contributed by atoms with Crippen LogP contribution >= 0.6 is 11.6 Å². The molecule has 0 atom stereocenters. The number of aromatic nitrogens is 2. The van der Waals surface area contributed by atoms with Gasteiger partial charge in [-0.05, 0) is 67.6 Å². The maximum Gasteiger partial charge on any atom is 0.276 e. The van der Waals surface area contributed by atoms with Gasteiger partial charge in [-0.15, -0.1) is 0 Å². The zero-order valence-electron chi connectivity index (χ0n) is 16.9. The predicted molar refractivity (Wildman–Crippen MR) is 120 cm³/mol. The molecule has 1 amide bonds. The summed E-state index contributed by atoms with van der Waals surface area (Å²) < 4.78 is 20.1. The molecule has 160 valence electrons. The third-order valence-corrected chi connectivity index (χ3v) is 4.78. The van der Waals surface area contributed by atoms with Gasteiger partial charge in [0.25, 0.3) is 11.5 Å². The van der Waals surface area contributed by atoms with Crippen molar-refractivity contribution in [3.8, 4) is 17.2 Å². The molecule has 0 saturated heterocycles. The van der Waals surface area contributed by atoms with E-state index in [1.54, 1.807) is 18.2 Å². The molecule has 0 aliphatic carbocycles. The quantitative estimate of drug-likeness (QED) is 0.444. The number of anilines is 1. The van der Waals surface area contributed by atoms with E-state index in [9.17, 15) is 14.0 Å². The number of carbonyl (C=O) groups excluding carboxylic acids is 1. The fourth-order valence-electron chi connectivity index (χ4n) is 2.91. The second kappa shape index (κ2) is 9.03. The summed E-state index contributed by atoms with van der Waals surface area (Å²) in [5, 5.41) is 7.23. The van der Waals surface area contributed by atoms with Gasteiger partial charge in [0.2, 0.25) is 0 Å². The lowest BCUT2D eigenvalue weighted by Gasteiger charge is -2.13. The summed E-state index contributed by atoms with van der Waals surface area (Å²) in [6, 6.07) is 20.0. The number of hydrogen-bond acceptors (Lipinski definition) is 4. The van der Waals surface area contributed by atoms with Crippen molar-refractivity contribution in [3.63, 3.8) is 0 Å². The summed E-state index contributed by atoms with van der Waals surface area (Å²) >= 11 is 6.11. The summed E-state index contributed by atoms with van der Waals surface area (Å²) in [4.78, 5) is 25.1. The number of benzene rings is 3. The first kappa shape index (κ1) is 21.3. The summed E-state index contributed by atoms with van der Waals surface area (Å²) in [5.74, 6) is -0.0375. The smallest absolute Gasteiger partial charge is 0.276 e. The van der Waals surface area contributed by atoms with Crippen molar-refractivity contribution in [2.45, 2.75) is 6.92 Å². The normalized spacial score (nSPS) is 10.6. The molecule has 0 unspecified atom stereocenters. The van der Waals surface area contributed by atoms with E-state index in [0.29, 0.717) is 27.9 Å². The molecule has 0 radical (unpaired) electrons. The minimum atomic E-state index is -0.572. The highest BCUT2D eigenvalue weighted by atomic mass is 35.5. The van der Waals surface area contributed by atoms with Crippen molar-refractivity contribution in [2.75, 3.05) is 5.32 Å². The van der Waals surface area contributed by atoms with Gasteiger partial charge >= 0.3 is 0 Å². The average Bonchev–Trinajstić information content (AvgIpc) is 2.78. The maximum atomic E-state index is 13.2. The number of ether oxygens (including phenoxy) is 1. The van der Waals surface area contributed by atoms with Crippen LogP contribution in [0, 0.1) is 12.7 Å². The van der Waals surface area contributed by atoms with Crippen LogP contribution in [-0.4, -0.2) is 15.7 Å². The topological polar surface area (TPSA) is 73.2 Å². The number of nitrogens with zero attached hydrogens (tertiary/aromatic N) is 2. The van der Waals surface area contributed by atoms with Crippen molar-refractivity contribution in [3.05, 3.63) is 111 Å². The van der Waals surface area contributed by atoms with Gasteiger partial charge in [0.1, 0.15) is 17.3 Å². The molecule has 0 saturated carbocycles. The van der Waals surface area contributed by atoms with Crippen molar-refractivity contribution in [2.24, 2.45) is 0 Å². The Hall–Kier alpha value is -3.97. The van der Waals surface area contributed by atoms with Crippen LogP contribution in [0.4, 0.5) is 10.1 Å². The van der Waals surface area contributed by atoms with E-state index in [0.717, 1.165) is 10.2 Å². The second-order valence-electron chi connectivity index (χ2n) is 6.95. The number of amides is 1. The lowest BCUT2D eigenvalue weighted by atomic mass is 10.2. The number of rotatable bonds is 5. The van der Waals surface area contributed by atoms with E-state index in [4.69, 9.17) is 16.3 Å². The largest absolute Gasteiger partial charge is 0.455 e. The molecule has 1 N–H and O–H groups in total. The minimum Gasteiger partial charge on any atom is -0.455 e. The Bertz CT molecular complexity index is 1340. The predicted octanol–water partition coefficient (Wildman–Crippen LogP) is 5.38. The zero-order chi connectivity index (χ0) is 22.7. The fourth-order valence-corrected chi connectivity index (χ4v) is 3.08. The molecular formula is C24H17ClFN3O3. The summed E-state index contributed by atoms with van der Waals surface area (Å²) in [7, 11) is 0. The zero-order valence-corrected chi connectivity index (χ0v) is 17.6. The van der Waals surface area contributed by atoms with Gasteiger partial charge in [-0.2, -0.15) is 9.78 Å². The highest BCUT2D eigenvalue weighted by Gasteiger charge is 2.15. The number of nitrogens with one attached hydrogen (secondary N) is 1.